The van der Waals surface area contributed by atoms with Crippen molar-refractivity contribution < 1.29 is 15.0 Å². The van der Waals surface area contributed by atoms with Crippen LogP contribution < -0.4 is 5.73 Å². The van der Waals surface area contributed by atoms with E-state index in [1.807, 2.05) is 6.92 Å². The van der Waals surface area contributed by atoms with Gasteiger partial charge in [-0.25, -0.2) is 9.48 Å². The standard InChI is InChI=1S/C8H14N4O3/c1-5(4-13)3-12-6(2-9)7(8(14)15)10-11-12/h5,13H,2-4,9H2,1H3,(H,14,15). The van der Waals surface area contributed by atoms with Crippen LogP contribution in [0.4, 0.5) is 0 Å². The van der Waals surface area contributed by atoms with Crippen LogP contribution in [0.5, 0.6) is 0 Å². The third-order valence-electron chi connectivity index (χ3n) is 2.03. The second-order valence-corrected chi connectivity index (χ2v) is 3.36. The van der Waals surface area contributed by atoms with Gasteiger partial charge in [-0.1, -0.05) is 12.1 Å². The van der Waals surface area contributed by atoms with Crippen LogP contribution in [0, 0.1) is 5.92 Å². The highest BCUT2D eigenvalue weighted by Crippen LogP contribution is 2.07. The Morgan fingerprint density at radius 2 is 2.33 bits per heavy atom. The van der Waals surface area contributed by atoms with Gasteiger partial charge in [0.2, 0.25) is 0 Å². The molecule has 0 aliphatic carbocycles. The molecule has 0 radical (unpaired) electrons. The molecule has 1 aromatic heterocycles. The van der Waals surface area contributed by atoms with Crippen molar-refractivity contribution >= 4 is 5.97 Å². The van der Waals surface area contributed by atoms with Crippen molar-refractivity contribution in [2.45, 2.75) is 20.0 Å². The highest BCUT2D eigenvalue weighted by atomic mass is 16.4. The highest BCUT2D eigenvalue weighted by Gasteiger charge is 2.18. The zero-order valence-electron chi connectivity index (χ0n) is 8.42. The van der Waals surface area contributed by atoms with E-state index in [2.05, 4.69) is 10.3 Å². The van der Waals surface area contributed by atoms with Crippen LogP contribution in [0.15, 0.2) is 0 Å². The van der Waals surface area contributed by atoms with Gasteiger partial charge in [-0.2, -0.15) is 0 Å². The van der Waals surface area contributed by atoms with Gasteiger partial charge in [0, 0.05) is 19.7 Å². The first-order valence-corrected chi connectivity index (χ1v) is 4.56. The zero-order chi connectivity index (χ0) is 11.4. The highest BCUT2D eigenvalue weighted by molar-refractivity contribution is 5.86. The van der Waals surface area contributed by atoms with Gasteiger partial charge in [0.15, 0.2) is 5.69 Å². The Morgan fingerprint density at radius 1 is 1.67 bits per heavy atom. The van der Waals surface area contributed by atoms with Crippen LogP contribution in [0.25, 0.3) is 0 Å². The number of carbonyl (C=O) groups is 1. The Hall–Kier alpha value is -1.47. The third kappa shape index (κ3) is 2.51. The van der Waals surface area contributed by atoms with Crippen molar-refractivity contribution in [2.24, 2.45) is 11.7 Å². The van der Waals surface area contributed by atoms with Crippen LogP contribution in [-0.4, -0.2) is 37.8 Å². The first-order chi connectivity index (χ1) is 7.10. The fourth-order valence-corrected chi connectivity index (χ4v) is 1.20. The molecule has 1 unspecified atom stereocenters. The first-order valence-electron chi connectivity index (χ1n) is 4.56. The third-order valence-corrected chi connectivity index (χ3v) is 2.03. The Labute approximate surface area is 86.5 Å². The summed E-state index contributed by atoms with van der Waals surface area (Å²) in [6.45, 7) is 2.30. The summed E-state index contributed by atoms with van der Waals surface area (Å²) >= 11 is 0. The summed E-state index contributed by atoms with van der Waals surface area (Å²) in [6, 6.07) is 0. The Morgan fingerprint density at radius 3 is 2.80 bits per heavy atom. The number of rotatable bonds is 5. The number of carboxylic acid groups (broad SMARTS) is 1. The molecule has 0 fully saturated rings. The molecule has 0 amide bonds. The Kier molecular flexibility index (Phi) is 3.75. The lowest BCUT2D eigenvalue weighted by Gasteiger charge is -2.09. The van der Waals surface area contributed by atoms with Crippen molar-refractivity contribution in [3.63, 3.8) is 0 Å². The maximum Gasteiger partial charge on any atom is 0.358 e. The molecule has 0 spiro atoms. The monoisotopic (exact) mass is 214 g/mol. The number of aliphatic hydroxyl groups is 1. The average Bonchev–Trinajstić information content (AvgIpc) is 2.60. The summed E-state index contributed by atoms with van der Waals surface area (Å²) in [5, 5.41) is 24.9. The summed E-state index contributed by atoms with van der Waals surface area (Å²) in [6.07, 6.45) is 0. The van der Waals surface area contributed by atoms with Crippen LogP contribution in [0.2, 0.25) is 0 Å². The Balaban J connectivity index is 2.94. The van der Waals surface area contributed by atoms with E-state index in [0.29, 0.717) is 12.2 Å². The van der Waals surface area contributed by atoms with Crippen LogP contribution >= 0.6 is 0 Å². The molecule has 84 valence electrons. The summed E-state index contributed by atoms with van der Waals surface area (Å²) < 4.78 is 1.42. The minimum Gasteiger partial charge on any atom is -0.476 e. The molecule has 0 aromatic carbocycles. The molecule has 1 heterocycles. The molecule has 0 saturated heterocycles. The van der Waals surface area contributed by atoms with Crippen LogP contribution in [0.1, 0.15) is 23.1 Å². The number of aromatic nitrogens is 3. The minimum absolute atomic E-state index is 0.00623. The molecule has 0 aliphatic heterocycles. The summed E-state index contributed by atoms with van der Waals surface area (Å²) in [7, 11) is 0. The second kappa shape index (κ2) is 4.85. The lowest BCUT2D eigenvalue weighted by atomic mass is 10.2. The lowest BCUT2D eigenvalue weighted by molar-refractivity contribution is 0.0689. The maximum absolute atomic E-state index is 10.7. The molecule has 7 heteroatoms. The smallest absolute Gasteiger partial charge is 0.358 e. The van der Waals surface area contributed by atoms with E-state index in [1.165, 1.54) is 4.68 Å². The maximum atomic E-state index is 10.7. The van der Waals surface area contributed by atoms with Gasteiger partial charge in [-0.15, -0.1) is 5.10 Å². The van der Waals surface area contributed by atoms with E-state index in [4.69, 9.17) is 15.9 Å². The quantitative estimate of drug-likeness (QED) is 0.583. The van der Waals surface area contributed by atoms with Crippen molar-refractivity contribution in [2.75, 3.05) is 6.61 Å². The summed E-state index contributed by atoms with van der Waals surface area (Å²) in [4.78, 5) is 10.7. The SMILES string of the molecule is CC(CO)Cn1nnc(C(=O)O)c1CN. The van der Waals surface area contributed by atoms with Gasteiger partial charge in [-0.3, -0.25) is 0 Å². The normalized spacial score (nSPS) is 12.7. The van der Waals surface area contributed by atoms with Crippen molar-refractivity contribution in [3.05, 3.63) is 11.4 Å². The number of aromatic carboxylic acids is 1. The molecule has 1 aromatic rings. The zero-order valence-corrected chi connectivity index (χ0v) is 8.42. The van der Waals surface area contributed by atoms with E-state index in [1.54, 1.807) is 0 Å². The summed E-state index contributed by atoms with van der Waals surface area (Å²) in [5.41, 5.74) is 5.68. The van der Waals surface area contributed by atoms with Crippen molar-refractivity contribution in [1.82, 2.24) is 15.0 Å². The van der Waals surface area contributed by atoms with Crippen LogP contribution in [0.3, 0.4) is 0 Å². The van der Waals surface area contributed by atoms with Gasteiger partial charge in [-0.05, 0) is 5.92 Å². The number of aliphatic hydroxyl groups excluding tert-OH is 1. The molecule has 1 atom stereocenters. The largest absolute Gasteiger partial charge is 0.476 e. The molecule has 0 saturated carbocycles. The molecule has 0 bridgehead atoms. The lowest BCUT2D eigenvalue weighted by Crippen LogP contribution is -2.17. The average molecular weight is 214 g/mol. The number of hydrogen-bond donors (Lipinski definition) is 3. The van der Waals surface area contributed by atoms with E-state index in [0.717, 1.165) is 0 Å². The molecular weight excluding hydrogens is 200 g/mol. The molecule has 0 aliphatic rings. The fourth-order valence-electron chi connectivity index (χ4n) is 1.20. The van der Waals surface area contributed by atoms with E-state index >= 15 is 0 Å². The predicted molar refractivity (Wildman–Crippen MR) is 51.1 cm³/mol. The number of nitrogens with two attached hydrogens (primary N) is 1. The van der Waals surface area contributed by atoms with Gasteiger partial charge < -0.3 is 15.9 Å². The molecular formula is C8H14N4O3. The van der Waals surface area contributed by atoms with Gasteiger partial charge >= 0.3 is 5.97 Å². The predicted octanol–water partition coefficient (Wildman–Crippen LogP) is -0.937. The molecule has 1 rings (SSSR count). The number of carboxylic acids is 1. The van der Waals surface area contributed by atoms with Gasteiger partial charge in [0.1, 0.15) is 0 Å². The number of hydrogen-bond acceptors (Lipinski definition) is 5. The van der Waals surface area contributed by atoms with E-state index < -0.39 is 5.97 Å². The fraction of sp³-hybridized carbons (Fsp3) is 0.625. The van der Waals surface area contributed by atoms with Crippen molar-refractivity contribution in [3.8, 4) is 0 Å². The van der Waals surface area contributed by atoms with E-state index in [-0.39, 0.29) is 24.8 Å². The molecule has 7 nitrogen and oxygen atoms in total. The first kappa shape index (κ1) is 11.6. The molecule has 4 N–H and O–H groups in total. The summed E-state index contributed by atoms with van der Waals surface area (Å²) in [5.74, 6) is -1.16. The van der Waals surface area contributed by atoms with Gasteiger partial charge in [0.05, 0.1) is 5.69 Å². The van der Waals surface area contributed by atoms with Crippen molar-refractivity contribution in [1.29, 1.82) is 0 Å². The Bertz CT molecular complexity index is 350. The minimum atomic E-state index is -1.14. The number of nitrogens with zero attached hydrogens (tertiary/aromatic N) is 3. The van der Waals surface area contributed by atoms with Crippen LogP contribution in [-0.2, 0) is 13.1 Å². The van der Waals surface area contributed by atoms with Gasteiger partial charge in [0.25, 0.3) is 0 Å². The van der Waals surface area contributed by atoms with E-state index in [9.17, 15) is 4.79 Å². The topological polar surface area (TPSA) is 114 Å². The second-order valence-electron chi connectivity index (χ2n) is 3.36. The molecule has 15 heavy (non-hydrogen) atoms.